The van der Waals surface area contributed by atoms with E-state index in [0.29, 0.717) is 12.1 Å². The minimum atomic E-state index is 0.0172. The number of nitrogens with one attached hydrogen (secondary N) is 1. The molecule has 0 spiro atoms. The number of rotatable bonds is 2. The average Bonchev–Trinajstić information content (AvgIpc) is 2.85. The van der Waals surface area contributed by atoms with Crippen molar-refractivity contribution in [1.29, 1.82) is 0 Å². The number of fused-ring (bicyclic) bond motifs is 1. The maximum Gasteiger partial charge on any atom is 0.228 e. The number of nitrogen functional groups attached to an aromatic ring is 1. The third-order valence-electron chi connectivity index (χ3n) is 2.84. The molecule has 3 rings (SSSR count). The van der Waals surface area contributed by atoms with Crippen LogP contribution in [0.25, 0.3) is 0 Å². The van der Waals surface area contributed by atoms with Crippen molar-refractivity contribution < 1.29 is 4.79 Å². The highest BCUT2D eigenvalue weighted by molar-refractivity contribution is 7.99. The van der Waals surface area contributed by atoms with Gasteiger partial charge in [0, 0.05) is 35.7 Å². The van der Waals surface area contributed by atoms with Gasteiger partial charge < -0.3 is 15.6 Å². The van der Waals surface area contributed by atoms with E-state index < -0.39 is 0 Å². The highest BCUT2D eigenvalue weighted by atomic mass is 32.2. The van der Waals surface area contributed by atoms with Crippen molar-refractivity contribution >= 4 is 29.0 Å². The van der Waals surface area contributed by atoms with Gasteiger partial charge in [0.05, 0.1) is 6.42 Å². The molecule has 0 aliphatic carbocycles. The lowest BCUT2D eigenvalue weighted by Crippen LogP contribution is -2.03. The predicted octanol–water partition coefficient (Wildman–Crippen LogP) is 1.65. The van der Waals surface area contributed by atoms with Gasteiger partial charge in [-0.2, -0.15) is 0 Å². The number of aromatic nitrogens is 2. The fourth-order valence-corrected chi connectivity index (χ4v) is 2.78. The Morgan fingerprint density at radius 2 is 2.33 bits per heavy atom. The minimum absolute atomic E-state index is 0.0172. The Hall–Kier alpha value is -1.95. The van der Waals surface area contributed by atoms with Crippen molar-refractivity contribution in [3.63, 3.8) is 0 Å². The molecule has 0 unspecified atom stereocenters. The second-order valence-electron chi connectivity index (χ2n) is 4.19. The van der Waals surface area contributed by atoms with Crippen LogP contribution in [0.15, 0.2) is 34.6 Å². The van der Waals surface area contributed by atoms with E-state index in [1.807, 2.05) is 29.9 Å². The fourth-order valence-electron chi connectivity index (χ4n) is 1.91. The second kappa shape index (κ2) is 4.06. The van der Waals surface area contributed by atoms with E-state index in [1.54, 1.807) is 6.20 Å². The molecule has 0 bridgehead atoms. The Morgan fingerprint density at radius 3 is 3.06 bits per heavy atom. The van der Waals surface area contributed by atoms with Gasteiger partial charge in [-0.15, -0.1) is 0 Å². The van der Waals surface area contributed by atoms with Crippen LogP contribution in [0.4, 0.5) is 11.4 Å². The summed E-state index contributed by atoms with van der Waals surface area (Å²) in [4.78, 5) is 16.5. The van der Waals surface area contributed by atoms with Crippen LogP contribution >= 0.6 is 11.8 Å². The first-order valence-electron chi connectivity index (χ1n) is 5.51. The van der Waals surface area contributed by atoms with Crippen LogP contribution < -0.4 is 11.1 Å². The normalized spacial score (nSPS) is 13.5. The number of anilines is 2. The first kappa shape index (κ1) is 11.2. The van der Waals surface area contributed by atoms with E-state index in [1.165, 1.54) is 11.8 Å². The summed E-state index contributed by atoms with van der Waals surface area (Å²) in [5.41, 5.74) is 8.50. The molecule has 18 heavy (non-hydrogen) atoms. The first-order chi connectivity index (χ1) is 8.63. The molecule has 5 nitrogen and oxygen atoms in total. The Morgan fingerprint density at radius 1 is 1.50 bits per heavy atom. The molecule has 0 saturated heterocycles. The van der Waals surface area contributed by atoms with Crippen molar-refractivity contribution in [2.24, 2.45) is 7.05 Å². The van der Waals surface area contributed by atoms with E-state index in [-0.39, 0.29) is 5.91 Å². The number of aryl methyl sites for hydroxylation is 1. The Bertz CT molecular complexity index is 635. The van der Waals surface area contributed by atoms with Crippen LogP contribution in [-0.4, -0.2) is 15.5 Å². The number of carbonyl (C=O) groups excluding carboxylic acids is 1. The van der Waals surface area contributed by atoms with E-state index >= 15 is 0 Å². The Kier molecular flexibility index (Phi) is 2.52. The second-order valence-corrected chi connectivity index (χ2v) is 5.20. The number of carbonyl (C=O) groups is 1. The molecule has 0 fully saturated rings. The zero-order chi connectivity index (χ0) is 12.7. The molecule has 1 amide bonds. The number of imidazole rings is 1. The molecule has 0 radical (unpaired) electrons. The highest BCUT2D eigenvalue weighted by Crippen LogP contribution is 2.36. The summed E-state index contributed by atoms with van der Waals surface area (Å²) in [6.45, 7) is 0. The zero-order valence-corrected chi connectivity index (χ0v) is 10.6. The molecular weight excluding hydrogens is 248 g/mol. The third-order valence-corrected chi connectivity index (χ3v) is 3.99. The van der Waals surface area contributed by atoms with Crippen LogP contribution in [0.3, 0.4) is 0 Å². The fraction of sp³-hybridized carbons (Fsp3) is 0.167. The molecule has 1 aliphatic rings. The number of hydrogen-bond acceptors (Lipinski definition) is 4. The van der Waals surface area contributed by atoms with E-state index in [4.69, 9.17) is 5.73 Å². The molecule has 6 heteroatoms. The molecule has 3 N–H and O–H groups in total. The minimum Gasteiger partial charge on any atom is -0.398 e. The molecular formula is C12H12N4OS. The Labute approximate surface area is 108 Å². The number of nitrogens with zero attached hydrogens (tertiary/aromatic N) is 2. The summed E-state index contributed by atoms with van der Waals surface area (Å²) < 4.78 is 1.93. The molecule has 1 aliphatic heterocycles. The topological polar surface area (TPSA) is 72.9 Å². The predicted molar refractivity (Wildman–Crippen MR) is 70.5 cm³/mol. The van der Waals surface area contributed by atoms with Crippen LogP contribution in [0, 0.1) is 0 Å². The first-order valence-corrected chi connectivity index (χ1v) is 6.32. The van der Waals surface area contributed by atoms with Gasteiger partial charge in [0.25, 0.3) is 0 Å². The molecule has 2 heterocycles. The number of amides is 1. The van der Waals surface area contributed by atoms with Crippen molar-refractivity contribution in [1.82, 2.24) is 9.55 Å². The standard InChI is InChI=1S/C12H12N4OS/c1-16-3-2-14-12(16)18-10-6-9-7(4-8(10)13)5-11(17)15-9/h2-4,6H,5,13H2,1H3,(H,15,17). The summed E-state index contributed by atoms with van der Waals surface area (Å²) in [5, 5.41) is 3.69. The van der Waals surface area contributed by atoms with E-state index in [2.05, 4.69) is 10.3 Å². The largest absolute Gasteiger partial charge is 0.398 e. The van der Waals surface area contributed by atoms with E-state index in [0.717, 1.165) is 21.3 Å². The van der Waals surface area contributed by atoms with Crippen LogP contribution in [0.2, 0.25) is 0 Å². The maximum atomic E-state index is 11.3. The molecule has 0 atom stereocenters. The van der Waals surface area contributed by atoms with Crippen LogP contribution in [-0.2, 0) is 18.3 Å². The summed E-state index contributed by atoms with van der Waals surface area (Å²) in [5.74, 6) is 0.0172. The lowest BCUT2D eigenvalue weighted by Gasteiger charge is -2.08. The molecule has 0 saturated carbocycles. The zero-order valence-electron chi connectivity index (χ0n) is 9.80. The van der Waals surface area contributed by atoms with Gasteiger partial charge in [0.2, 0.25) is 5.91 Å². The summed E-state index contributed by atoms with van der Waals surface area (Å²) >= 11 is 1.49. The van der Waals surface area contributed by atoms with Gasteiger partial charge in [0.1, 0.15) is 0 Å². The number of benzene rings is 1. The van der Waals surface area contributed by atoms with Gasteiger partial charge in [0.15, 0.2) is 5.16 Å². The van der Waals surface area contributed by atoms with Gasteiger partial charge in [-0.3, -0.25) is 4.79 Å². The van der Waals surface area contributed by atoms with Crippen molar-refractivity contribution in [3.8, 4) is 0 Å². The van der Waals surface area contributed by atoms with Gasteiger partial charge in [-0.05, 0) is 29.5 Å². The summed E-state index contributed by atoms with van der Waals surface area (Å²) in [6.07, 6.45) is 4.04. The molecule has 2 aromatic rings. The molecule has 1 aromatic carbocycles. The van der Waals surface area contributed by atoms with Crippen molar-refractivity contribution in [2.45, 2.75) is 16.5 Å². The molecule has 1 aromatic heterocycles. The van der Waals surface area contributed by atoms with Gasteiger partial charge in [-0.25, -0.2) is 4.98 Å². The lowest BCUT2D eigenvalue weighted by atomic mass is 10.1. The van der Waals surface area contributed by atoms with E-state index in [9.17, 15) is 4.79 Å². The van der Waals surface area contributed by atoms with Gasteiger partial charge >= 0.3 is 0 Å². The monoisotopic (exact) mass is 260 g/mol. The van der Waals surface area contributed by atoms with Crippen LogP contribution in [0.5, 0.6) is 0 Å². The maximum absolute atomic E-state index is 11.3. The van der Waals surface area contributed by atoms with Crippen LogP contribution in [0.1, 0.15) is 5.56 Å². The number of nitrogens with two attached hydrogens (primary N) is 1. The molecule has 92 valence electrons. The smallest absolute Gasteiger partial charge is 0.228 e. The highest BCUT2D eigenvalue weighted by Gasteiger charge is 2.20. The quantitative estimate of drug-likeness (QED) is 0.805. The van der Waals surface area contributed by atoms with Crippen molar-refractivity contribution in [3.05, 3.63) is 30.1 Å². The summed E-state index contributed by atoms with van der Waals surface area (Å²) in [7, 11) is 1.93. The van der Waals surface area contributed by atoms with Crippen molar-refractivity contribution in [2.75, 3.05) is 11.1 Å². The average molecular weight is 260 g/mol. The lowest BCUT2D eigenvalue weighted by molar-refractivity contribution is -0.115. The van der Waals surface area contributed by atoms with Gasteiger partial charge in [-0.1, -0.05) is 0 Å². The SMILES string of the molecule is Cn1ccnc1Sc1cc2c(cc1N)CC(=O)N2. The Balaban J connectivity index is 1.96. The summed E-state index contributed by atoms with van der Waals surface area (Å²) in [6, 6.07) is 3.77. The third kappa shape index (κ3) is 1.84. The number of hydrogen-bond donors (Lipinski definition) is 2.